The maximum Gasteiger partial charge on any atom is 0.332 e. The van der Waals surface area contributed by atoms with E-state index in [1.807, 2.05) is 0 Å². The summed E-state index contributed by atoms with van der Waals surface area (Å²) in [5, 5.41) is 0. The molecule has 0 aromatic rings. The van der Waals surface area contributed by atoms with Crippen LogP contribution in [0.15, 0.2) is 0 Å². The summed E-state index contributed by atoms with van der Waals surface area (Å²) in [6, 6.07) is 0. The Bertz CT molecular complexity index is 471. The van der Waals surface area contributed by atoms with E-state index in [-0.39, 0.29) is 30.7 Å². The zero-order valence-electron chi connectivity index (χ0n) is 19.0. The van der Waals surface area contributed by atoms with Gasteiger partial charge in [-0.2, -0.15) is 0 Å². The van der Waals surface area contributed by atoms with Crippen LogP contribution in [0.1, 0.15) is 48.5 Å². The smallest absolute Gasteiger partial charge is 0.332 e. The lowest BCUT2D eigenvalue weighted by atomic mass is 9.79. The van der Waals surface area contributed by atoms with Gasteiger partial charge in [-0.1, -0.05) is 34.6 Å². The van der Waals surface area contributed by atoms with Crippen molar-refractivity contribution in [3.8, 4) is 0 Å². The van der Waals surface area contributed by atoms with Crippen LogP contribution in [-0.2, 0) is 23.1 Å². The number of methoxy groups -OCH3 is 1. The van der Waals surface area contributed by atoms with E-state index in [9.17, 15) is 0 Å². The van der Waals surface area contributed by atoms with Gasteiger partial charge in [0.2, 0.25) is 0 Å². The van der Waals surface area contributed by atoms with Crippen molar-refractivity contribution in [3.05, 3.63) is 0 Å². The predicted octanol–water partition coefficient (Wildman–Crippen LogP) is 4.45. The summed E-state index contributed by atoms with van der Waals surface area (Å²) in [5.74, 6) is 2.25. The van der Waals surface area contributed by atoms with Gasteiger partial charge >= 0.3 is 8.56 Å². The summed E-state index contributed by atoms with van der Waals surface area (Å²) in [5.41, 5.74) is 0. The molecule has 10 atom stereocenters. The maximum absolute atomic E-state index is 6.55. The average Bonchev–Trinajstić information content (AvgIpc) is 2.61. The van der Waals surface area contributed by atoms with Crippen LogP contribution in [0.3, 0.4) is 0 Å². The van der Waals surface area contributed by atoms with Gasteiger partial charge in [-0.15, -0.1) is 0 Å². The quantitative estimate of drug-likeness (QED) is 0.614. The molecule has 27 heavy (non-hydrogen) atoms. The first-order valence-corrected chi connectivity index (χ1v) is 13.5. The first-order chi connectivity index (χ1) is 12.5. The number of rotatable bonds is 6. The molecule has 2 aliphatic rings. The van der Waals surface area contributed by atoms with Gasteiger partial charge in [-0.05, 0) is 50.6 Å². The van der Waals surface area contributed by atoms with Crippen molar-refractivity contribution in [2.45, 2.75) is 92.3 Å². The van der Waals surface area contributed by atoms with Crippen molar-refractivity contribution in [3.63, 3.8) is 0 Å². The molecule has 0 amide bonds. The Balaban J connectivity index is 1.95. The highest BCUT2D eigenvalue weighted by Crippen LogP contribution is 2.37. The fourth-order valence-electron chi connectivity index (χ4n) is 4.49. The summed E-state index contributed by atoms with van der Waals surface area (Å²) in [7, 11) is -0.592. The van der Waals surface area contributed by atoms with E-state index in [0.29, 0.717) is 36.2 Å². The second kappa shape index (κ2) is 9.22. The summed E-state index contributed by atoms with van der Waals surface area (Å²) in [6.45, 7) is 20.3. The SMILES string of the molecule is CO[C@H]1OC(CO[Si](C)(C)OC2[C@H](C)OC(C)[C@H](C)[C@@H]2C)[C@@H](C)[C@H](C)C1C. The molecule has 2 heterocycles. The summed E-state index contributed by atoms with van der Waals surface area (Å²) >= 11 is 0. The highest BCUT2D eigenvalue weighted by Gasteiger charge is 2.44. The highest BCUT2D eigenvalue weighted by atomic mass is 28.4. The van der Waals surface area contributed by atoms with Gasteiger partial charge in [-0.25, -0.2) is 0 Å². The Kier molecular flexibility index (Phi) is 7.96. The van der Waals surface area contributed by atoms with Crippen molar-refractivity contribution in [1.82, 2.24) is 0 Å². The number of hydrogen-bond acceptors (Lipinski definition) is 5. The molecule has 0 aromatic heterocycles. The van der Waals surface area contributed by atoms with Crippen LogP contribution in [0, 0.1) is 29.6 Å². The molecule has 2 saturated heterocycles. The third kappa shape index (κ3) is 5.34. The van der Waals surface area contributed by atoms with Gasteiger partial charge in [0.15, 0.2) is 6.29 Å². The van der Waals surface area contributed by atoms with Crippen molar-refractivity contribution in [2.24, 2.45) is 29.6 Å². The molecule has 0 bridgehead atoms. The first kappa shape index (κ1) is 23.3. The zero-order valence-corrected chi connectivity index (χ0v) is 20.0. The molecule has 160 valence electrons. The van der Waals surface area contributed by atoms with Gasteiger partial charge in [-0.3, -0.25) is 0 Å². The van der Waals surface area contributed by atoms with Crippen molar-refractivity contribution < 1.29 is 23.1 Å². The van der Waals surface area contributed by atoms with Gasteiger partial charge in [0.1, 0.15) is 0 Å². The second-order valence-corrected chi connectivity index (χ2v) is 12.7. The van der Waals surface area contributed by atoms with Gasteiger partial charge in [0, 0.05) is 13.0 Å². The Morgan fingerprint density at radius 1 is 0.741 bits per heavy atom. The molecule has 0 aromatic carbocycles. The Morgan fingerprint density at radius 2 is 1.37 bits per heavy atom. The molecule has 0 spiro atoms. The van der Waals surface area contributed by atoms with E-state index in [4.69, 9.17) is 23.1 Å². The molecule has 2 rings (SSSR count). The number of hydrogen-bond donors (Lipinski definition) is 0. The average molecular weight is 403 g/mol. The molecule has 2 fully saturated rings. The summed E-state index contributed by atoms with van der Waals surface area (Å²) < 4.78 is 30.7. The molecule has 0 radical (unpaired) electrons. The van der Waals surface area contributed by atoms with E-state index in [2.05, 4.69) is 61.6 Å². The monoisotopic (exact) mass is 402 g/mol. The lowest BCUT2D eigenvalue weighted by Crippen LogP contribution is -2.54. The van der Waals surface area contributed by atoms with Crippen LogP contribution in [-0.4, -0.2) is 53.0 Å². The van der Waals surface area contributed by atoms with Crippen molar-refractivity contribution in [1.29, 1.82) is 0 Å². The Hall–Kier alpha value is 0.0169. The Labute approximate surface area is 167 Å². The second-order valence-electron chi connectivity index (χ2n) is 9.41. The van der Waals surface area contributed by atoms with Crippen LogP contribution in [0.5, 0.6) is 0 Å². The van der Waals surface area contributed by atoms with E-state index in [1.165, 1.54) is 0 Å². The molecule has 0 aliphatic carbocycles. The fourth-order valence-corrected chi connectivity index (χ4v) is 6.18. The van der Waals surface area contributed by atoms with E-state index in [1.54, 1.807) is 7.11 Å². The van der Waals surface area contributed by atoms with Crippen LogP contribution in [0.2, 0.25) is 13.1 Å². The van der Waals surface area contributed by atoms with Crippen LogP contribution < -0.4 is 0 Å². The topological polar surface area (TPSA) is 46.2 Å². The summed E-state index contributed by atoms with van der Waals surface area (Å²) in [4.78, 5) is 0. The standard InChI is InChI=1S/C21H42O5Si/c1-12-14(3)19(25-21(22-8)16(12)5)11-23-27(9,10)26-20-15(4)13(2)17(6)24-18(20)7/h12-21H,11H2,1-10H3/t12-,13+,14-,15-,16?,17?,18-,19?,20?,21-/m0/s1. The zero-order chi connectivity index (χ0) is 20.5. The lowest BCUT2D eigenvalue weighted by molar-refractivity contribution is -0.244. The largest absolute Gasteiger partial charge is 0.392 e. The third-order valence-electron chi connectivity index (χ3n) is 7.21. The minimum atomic E-state index is -2.31. The van der Waals surface area contributed by atoms with E-state index in [0.717, 1.165) is 0 Å². The fraction of sp³-hybridized carbons (Fsp3) is 1.00. The van der Waals surface area contributed by atoms with Gasteiger partial charge in [0.05, 0.1) is 31.0 Å². The van der Waals surface area contributed by atoms with Crippen LogP contribution in [0.4, 0.5) is 0 Å². The molecule has 4 unspecified atom stereocenters. The normalized spacial score (nSPS) is 46.4. The van der Waals surface area contributed by atoms with Gasteiger partial charge < -0.3 is 23.1 Å². The predicted molar refractivity (Wildman–Crippen MR) is 110 cm³/mol. The third-order valence-corrected chi connectivity index (χ3v) is 8.91. The minimum absolute atomic E-state index is 0.0351. The Morgan fingerprint density at radius 3 is 1.96 bits per heavy atom. The maximum atomic E-state index is 6.55. The number of ether oxygens (including phenoxy) is 3. The van der Waals surface area contributed by atoms with Gasteiger partial charge in [0.25, 0.3) is 0 Å². The molecule has 5 nitrogen and oxygen atoms in total. The molecule has 0 saturated carbocycles. The first-order valence-electron chi connectivity index (χ1n) is 10.6. The van der Waals surface area contributed by atoms with Crippen molar-refractivity contribution >= 4 is 8.56 Å². The van der Waals surface area contributed by atoms with Crippen molar-refractivity contribution in [2.75, 3.05) is 13.7 Å². The molecular weight excluding hydrogens is 360 g/mol. The molecule has 2 aliphatic heterocycles. The van der Waals surface area contributed by atoms with Crippen LogP contribution >= 0.6 is 0 Å². The minimum Gasteiger partial charge on any atom is -0.392 e. The van der Waals surface area contributed by atoms with E-state index < -0.39 is 8.56 Å². The molecule has 0 N–H and O–H groups in total. The van der Waals surface area contributed by atoms with E-state index >= 15 is 0 Å². The summed E-state index contributed by atoms with van der Waals surface area (Å²) in [6.07, 6.45) is 0.308. The molecular formula is C21H42O5Si. The highest BCUT2D eigenvalue weighted by molar-refractivity contribution is 6.64. The van der Waals surface area contributed by atoms with Crippen LogP contribution in [0.25, 0.3) is 0 Å². The molecule has 6 heteroatoms. The lowest BCUT2D eigenvalue weighted by Gasteiger charge is -2.46.